The van der Waals surface area contributed by atoms with Gasteiger partial charge in [-0.05, 0) is 37.3 Å². The molecule has 1 aromatic rings. The molecule has 24 heavy (non-hydrogen) atoms. The molecule has 7 heteroatoms. The molecule has 1 heterocycles. The van der Waals surface area contributed by atoms with Crippen LogP contribution in [0.3, 0.4) is 0 Å². The Morgan fingerprint density at radius 2 is 2.08 bits per heavy atom. The first-order valence-corrected chi connectivity index (χ1v) is 10.2. The summed E-state index contributed by atoms with van der Waals surface area (Å²) in [4.78, 5) is 12.4. The van der Waals surface area contributed by atoms with Gasteiger partial charge in [0.2, 0.25) is 15.9 Å². The molecular weight excluding hydrogens is 348 g/mol. The van der Waals surface area contributed by atoms with Crippen molar-refractivity contribution in [3.05, 3.63) is 29.3 Å². The summed E-state index contributed by atoms with van der Waals surface area (Å²) in [6.07, 6.45) is 2.30. The molecule has 1 aromatic carbocycles. The smallest absolute Gasteiger partial charge is 0.244 e. The topological polar surface area (TPSA) is 66.5 Å². The van der Waals surface area contributed by atoms with E-state index in [9.17, 15) is 13.2 Å². The van der Waals surface area contributed by atoms with Gasteiger partial charge >= 0.3 is 0 Å². The number of halogens is 1. The molecule has 0 spiro atoms. The normalized spacial score (nSPS) is 19.4. The van der Waals surface area contributed by atoms with Crippen LogP contribution in [0, 0.1) is 11.8 Å². The number of hydrogen-bond acceptors (Lipinski definition) is 3. The van der Waals surface area contributed by atoms with E-state index >= 15 is 0 Å². The zero-order chi connectivity index (χ0) is 17.7. The summed E-state index contributed by atoms with van der Waals surface area (Å²) >= 11 is 6.04. The fourth-order valence-electron chi connectivity index (χ4n) is 2.80. The number of hydrogen-bond donors (Lipinski definition) is 1. The van der Waals surface area contributed by atoms with Crippen LogP contribution in [0.1, 0.15) is 33.1 Å². The first-order chi connectivity index (χ1) is 11.3. The molecule has 2 rings (SSSR count). The second-order valence-corrected chi connectivity index (χ2v) is 8.92. The highest BCUT2D eigenvalue weighted by Gasteiger charge is 2.34. The Balaban J connectivity index is 2.05. The first-order valence-electron chi connectivity index (χ1n) is 8.34. The van der Waals surface area contributed by atoms with Gasteiger partial charge in [0.15, 0.2) is 0 Å². The highest BCUT2D eigenvalue weighted by Crippen LogP contribution is 2.28. The lowest BCUT2D eigenvalue weighted by Crippen LogP contribution is -2.45. The lowest BCUT2D eigenvalue weighted by atomic mass is 9.98. The van der Waals surface area contributed by atoms with E-state index in [0.717, 1.165) is 6.42 Å². The fraction of sp³-hybridized carbons (Fsp3) is 0.588. The SMILES string of the molecule is CC(C)CCNC(=O)C1CCCN(S(=O)(=O)c2ccccc2Cl)C1. The molecule has 1 aliphatic heterocycles. The Kier molecular flexibility index (Phi) is 6.66. The van der Waals surface area contributed by atoms with Crippen molar-refractivity contribution in [3.8, 4) is 0 Å². The quantitative estimate of drug-likeness (QED) is 0.834. The Morgan fingerprint density at radius 1 is 1.38 bits per heavy atom. The molecule has 0 saturated carbocycles. The molecule has 1 unspecified atom stereocenters. The second-order valence-electron chi connectivity index (χ2n) is 6.61. The number of rotatable bonds is 6. The summed E-state index contributed by atoms with van der Waals surface area (Å²) in [5.41, 5.74) is 0. The molecule has 1 N–H and O–H groups in total. The maximum atomic E-state index is 12.8. The zero-order valence-corrected chi connectivity index (χ0v) is 15.7. The lowest BCUT2D eigenvalue weighted by Gasteiger charge is -2.31. The zero-order valence-electron chi connectivity index (χ0n) is 14.2. The van der Waals surface area contributed by atoms with E-state index in [4.69, 9.17) is 11.6 Å². The largest absolute Gasteiger partial charge is 0.356 e. The van der Waals surface area contributed by atoms with Gasteiger partial charge in [-0.15, -0.1) is 0 Å². The molecule has 1 saturated heterocycles. The number of carbonyl (C=O) groups excluding carboxylic acids is 1. The number of nitrogens with one attached hydrogen (secondary N) is 1. The van der Waals surface area contributed by atoms with Crippen LogP contribution in [0.5, 0.6) is 0 Å². The fourth-order valence-corrected chi connectivity index (χ4v) is 4.81. The van der Waals surface area contributed by atoms with E-state index in [2.05, 4.69) is 19.2 Å². The summed E-state index contributed by atoms with van der Waals surface area (Å²) in [5.74, 6) is 0.159. The third-order valence-corrected chi connectivity index (χ3v) is 6.60. The van der Waals surface area contributed by atoms with Gasteiger partial charge in [0.1, 0.15) is 4.90 Å². The predicted molar refractivity (Wildman–Crippen MR) is 95.4 cm³/mol. The molecule has 1 aliphatic rings. The van der Waals surface area contributed by atoms with Crippen molar-refractivity contribution in [2.75, 3.05) is 19.6 Å². The van der Waals surface area contributed by atoms with Gasteiger partial charge in [-0.1, -0.05) is 37.6 Å². The van der Waals surface area contributed by atoms with Gasteiger partial charge in [0, 0.05) is 19.6 Å². The number of nitrogens with zero attached hydrogens (tertiary/aromatic N) is 1. The predicted octanol–water partition coefficient (Wildman–Crippen LogP) is 2.90. The van der Waals surface area contributed by atoms with Gasteiger partial charge < -0.3 is 5.32 Å². The summed E-state index contributed by atoms with van der Waals surface area (Å²) < 4.78 is 27.0. The number of sulfonamides is 1. The van der Waals surface area contributed by atoms with Crippen LogP contribution < -0.4 is 5.32 Å². The van der Waals surface area contributed by atoms with Crippen molar-refractivity contribution < 1.29 is 13.2 Å². The maximum Gasteiger partial charge on any atom is 0.244 e. The minimum absolute atomic E-state index is 0.0605. The molecular formula is C17H25ClN2O3S. The van der Waals surface area contributed by atoms with Gasteiger partial charge in [-0.25, -0.2) is 8.42 Å². The number of benzene rings is 1. The van der Waals surface area contributed by atoms with Crippen LogP contribution >= 0.6 is 11.6 Å². The van der Waals surface area contributed by atoms with E-state index in [-0.39, 0.29) is 28.3 Å². The number of carbonyl (C=O) groups is 1. The van der Waals surface area contributed by atoms with Crippen molar-refractivity contribution >= 4 is 27.5 Å². The third kappa shape index (κ3) is 4.71. The van der Waals surface area contributed by atoms with Crippen LogP contribution in [0.25, 0.3) is 0 Å². The average molecular weight is 373 g/mol. The van der Waals surface area contributed by atoms with Gasteiger partial charge in [-0.3, -0.25) is 4.79 Å². The van der Waals surface area contributed by atoms with E-state index in [1.165, 1.54) is 10.4 Å². The summed E-state index contributed by atoms with van der Waals surface area (Å²) in [7, 11) is -3.67. The van der Waals surface area contributed by atoms with Crippen LogP contribution in [-0.4, -0.2) is 38.3 Å². The van der Waals surface area contributed by atoms with Crippen LogP contribution in [0.2, 0.25) is 5.02 Å². The number of amides is 1. The Morgan fingerprint density at radius 3 is 2.75 bits per heavy atom. The molecule has 1 fully saturated rings. The molecule has 1 amide bonds. The standard InChI is InChI=1S/C17H25ClN2O3S/c1-13(2)9-10-19-17(21)14-6-5-11-20(12-14)24(22,23)16-8-4-3-7-15(16)18/h3-4,7-8,13-14H,5-6,9-12H2,1-2H3,(H,19,21). The van der Waals surface area contributed by atoms with Crippen molar-refractivity contribution in [2.45, 2.75) is 38.0 Å². The molecule has 134 valence electrons. The highest BCUT2D eigenvalue weighted by molar-refractivity contribution is 7.89. The maximum absolute atomic E-state index is 12.8. The Hall–Kier alpha value is -1.11. The third-order valence-electron chi connectivity index (χ3n) is 4.23. The van der Waals surface area contributed by atoms with E-state index in [1.807, 2.05) is 0 Å². The van der Waals surface area contributed by atoms with Crippen molar-refractivity contribution in [1.82, 2.24) is 9.62 Å². The minimum Gasteiger partial charge on any atom is -0.356 e. The monoisotopic (exact) mass is 372 g/mol. The molecule has 0 radical (unpaired) electrons. The van der Waals surface area contributed by atoms with Crippen LogP contribution in [-0.2, 0) is 14.8 Å². The highest BCUT2D eigenvalue weighted by atomic mass is 35.5. The summed E-state index contributed by atoms with van der Waals surface area (Å²) in [6.45, 7) is 5.46. The Bertz CT molecular complexity index is 676. The van der Waals surface area contributed by atoms with Crippen molar-refractivity contribution in [3.63, 3.8) is 0 Å². The van der Waals surface area contributed by atoms with Gasteiger partial charge in [0.05, 0.1) is 10.9 Å². The molecule has 1 atom stereocenters. The van der Waals surface area contributed by atoms with Crippen molar-refractivity contribution in [2.24, 2.45) is 11.8 Å². The van der Waals surface area contributed by atoms with Gasteiger partial charge in [0.25, 0.3) is 0 Å². The minimum atomic E-state index is -3.67. The van der Waals surface area contributed by atoms with E-state index in [0.29, 0.717) is 31.8 Å². The number of piperidine rings is 1. The lowest BCUT2D eigenvalue weighted by molar-refractivity contribution is -0.126. The van der Waals surface area contributed by atoms with Gasteiger partial charge in [-0.2, -0.15) is 4.31 Å². The summed E-state index contributed by atoms with van der Waals surface area (Å²) in [5, 5.41) is 3.13. The molecule has 5 nitrogen and oxygen atoms in total. The van der Waals surface area contributed by atoms with E-state index < -0.39 is 10.0 Å². The average Bonchev–Trinajstić information content (AvgIpc) is 2.54. The van der Waals surface area contributed by atoms with E-state index in [1.54, 1.807) is 18.2 Å². The molecule has 0 aromatic heterocycles. The Labute approximate surface area is 149 Å². The van der Waals surface area contributed by atoms with Crippen LogP contribution in [0.4, 0.5) is 0 Å². The van der Waals surface area contributed by atoms with Crippen molar-refractivity contribution in [1.29, 1.82) is 0 Å². The van der Waals surface area contributed by atoms with Crippen LogP contribution in [0.15, 0.2) is 29.2 Å². The molecule has 0 aliphatic carbocycles. The summed E-state index contributed by atoms with van der Waals surface area (Å²) in [6, 6.07) is 6.42. The second kappa shape index (κ2) is 8.32. The first kappa shape index (κ1) is 19.2. The molecule has 0 bridgehead atoms.